The van der Waals surface area contributed by atoms with Crippen LogP contribution in [0, 0.1) is 23.2 Å². The van der Waals surface area contributed by atoms with E-state index < -0.39 is 0 Å². The number of hydrogen-bond acceptors (Lipinski definition) is 3. The highest BCUT2D eigenvalue weighted by atomic mass is 16.2. The van der Waals surface area contributed by atoms with Crippen molar-refractivity contribution in [2.24, 2.45) is 23.2 Å². The average molecular weight is 392 g/mol. The second-order valence-corrected chi connectivity index (χ2v) is 9.75. The second-order valence-electron chi connectivity index (χ2n) is 9.75. The van der Waals surface area contributed by atoms with E-state index in [4.69, 9.17) is 0 Å². The average Bonchev–Trinajstić information content (AvgIpc) is 2.91. The van der Waals surface area contributed by atoms with Gasteiger partial charge in [-0.3, -0.25) is 19.3 Å². The van der Waals surface area contributed by atoms with Crippen molar-refractivity contribution in [2.75, 3.05) is 6.54 Å². The Morgan fingerprint density at radius 2 is 1.72 bits per heavy atom. The van der Waals surface area contributed by atoms with E-state index in [9.17, 15) is 14.4 Å². The Morgan fingerprint density at radius 1 is 1.14 bits per heavy atom. The van der Waals surface area contributed by atoms with Crippen molar-refractivity contribution in [3.8, 4) is 0 Å². The van der Waals surface area contributed by atoms with Gasteiger partial charge in [-0.25, -0.2) is 0 Å². The highest BCUT2D eigenvalue weighted by molar-refractivity contribution is 6.22. The van der Waals surface area contributed by atoms with Gasteiger partial charge in [0.2, 0.25) is 0 Å². The molecular weight excluding hydrogens is 364 g/mol. The number of nitrogens with one attached hydrogen (secondary N) is 1. The molecule has 1 heterocycles. The molecule has 1 N–H and O–H groups in total. The van der Waals surface area contributed by atoms with Crippen molar-refractivity contribution in [3.63, 3.8) is 0 Å². The monoisotopic (exact) mass is 392 g/mol. The van der Waals surface area contributed by atoms with Gasteiger partial charge in [0.15, 0.2) is 0 Å². The Bertz CT molecular complexity index is 883. The lowest BCUT2D eigenvalue weighted by Crippen LogP contribution is -2.55. The number of carbonyl (C=O) groups excluding carboxylic acids is 3. The first kappa shape index (κ1) is 18.6. The number of carbonyl (C=O) groups is 3. The van der Waals surface area contributed by atoms with Crippen LogP contribution in [0.25, 0.3) is 0 Å². The van der Waals surface area contributed by atoms with Crippen molar-refractivity contribution in [2.45, 2.75) is 51.5 Å². The number of benzene rings is 1. The molecule has 0 radical (unpaired) electrons. The van der Waals surface area contributed by atoms with Crippen molar-refractivity contribution in [3.05, 3.63) is 47.5 Å². The first-order valence-corrected chi connectivity index (χ1v) is 10.8. The molecule has 5 nitrogen and oxygen atoms in total. The van der Waals surface area contributed by atoms with E-state index in [2.05, 4.69) is 18.8 Å². The van der Waals surface area contributed by atoms with Crippen LogP contribution in [-0.2, 0) is 0 Å². The zero-order valence-electron chi connectivity index (χ0n) is 16.9. The number of amides is 3. The van der Waals surface area contributed by atoms with Gasteiger partial charge in [-0.15, -0.1) is 6.58 Å². The van der Waals surface area contributed by atoms with Gasteiger partial charge in [0.1, 0.15) is 0 Å². The highest BCUT2D eigenvalue weighted by Gasteiger charge is 2.53. The quantitative estimate of drug-likeness (QED) is 0.612. The highest BCUT2D eigenvalue weighted by Crippen LogP contribution is 2.61. The van der Waals surface area contributed by atoms with Crippen LogP contribution in [0.3, 0.4) is 0 Å². The van der Waals surface area contributed by atoms with E-state index in [0.29, 0.717) is 16.7 Å². The molecular formula is C24H28N2O3. The molecule has 4 bridgehead atoms. The minimum atomic E-state index is -0.353. The van der Waals surface area contributed by atoms with E-state index in [1.807, 2.05) is 0 Å². The normalized spacial score (nSPS) is 33.0. The third kappa shape index (κ3) is 2.85. The summed E-state index contributed by atoms with van der Waals surface area (Å²) in [6, 6.07) is 4.94. The van der Waals surface area contributed by atoms with Crippen LogP contribution in [0.4, 0.5) is 0 Å². The van der Waals surface area contributed by atoms with Gasteiger partial charge in [-0.1, -0.05) is 6.08 Å². The van der Waals surface area contributed by atoms with E-state index in [1.54, 1.807) is 18.2 Å². The standard InChI is InChI=1S/C24H28N2O3/c1-3-6-26-22(28)19-5-4-18(10-20(19)23(26)29)21(27)25-14(2)24-11-15-7-16(12-24)9-17(8-15)13-24/h3-5,10,14-17H,1,6-9,11-13H2,2H3,(H,25,27)/t14-,15?,16?,17?,24?/m0/s1. The minimum absolute atomic E-state index is 0.117. The van der Waals surface area contributed by atoms with E-state index >= 15 is 0 Å². The summed E-state index contributed by atoms with van der Waals surface area (Å²) in [4.78, 5) is 39.1. The summed E-state index contributed by atoms with van der Waals surface area (Å²) in [7, 11) is 0. The summed E-state index contributed by atoms with van der Waals surface area (Å²) in [6.07, 6.45) is 9.35. The lowest BCUT2D eigenvalue weighted by Gasteiger charge is -2.59. The molecule has 1 aromatic carbocycles. The molecule has 1 atom stereocenters. The Balaban J connectivity index is 1.34. The van der Waals surface area contributed by atoms with Crippen molar-refractivity contribution >= 4 is 17.7 Å². The molecule has 0 saturated heterocycles. The molecule has 0 unspecified atom stereocenters. The molecule has 0 spiro atoms. The fraction of sp³-hybridized carbons (Fsp3) is 0.542. The maximum atomic E-state index is 13.0. The van der Waals surface area contributed by atoms with Crippen molar-refractivity contribution in [1.82, 2.24) is 10.2 Å². The van der Waals surface area contributed by atoms with Gasteiger partial charge in [-0.2, -0.15) is 0 Å². The number of fused-ring (bicyclic) bond motifs is 1. The first-order valence-electron chi connectivity index (χ1n) is 10.8. The summed E-state index contributed by atoms with van der Waals surface area (Å²) in [5.74, 6) is 1.67. The van der Waals surface area contributed by atoms with Crippen LogP contribution in [0.5, 0.6) is 0 Å². The van der Waals surface area contributed by atoms with Crippen LogP contribution in [-0.4, -0.2) is 35.2 Å². The Labute approximate surface area is 171 Å². The van der Waals surface area contributed by atoms with Gasteiger partial charge in [0.05, 0.1) is 11.1 Å². The SMILES string of the molecule is C=CCN1C(=O)c2ccc(C(=O)N[C@@H](C)C34CC5CC(CC(C5)C3)C4)cc2C1=O. The largest absolute Gasteiger partial charge is 0.349 e. The molecule has 1 aliphatic heterocycles. The topological polar surface area (TPSA) is 66.5 Å². The minimum Gasteiger partial charge on any atom is -0.349 e. The molecule has 4 saturated carbocycles. The summed E-state index contributed by atoms with van der Waals surface area (Å²) >= 11 is 0. The molecule has 3 amide bonds. The van der Waals surface area contributed by atoms with E-state index in [-0.39, 0.29) is 35.7 Å². The zero-order chi connectivity index (χ0) is 20.3. The number of rotatable bonds is 5. The summed E-state index contributed by atoms with van der Waals surface area (Å²) in [5.41, 5.74) is 1.35. The predicted octanol–water partition coefficient (Wildman–Crippen LogP) is 3.80. The lowest BCUT2D eigenvalue weighted by atomic mass is 9.48. The molecule has 5 aliphatic rings. The predicted molar refractivity (Wildman–Crippen MR) is 110 cm³/mol. The fourth-order valence-electron chi connectivity index (χ4n) is 6.87. The van der Waals surface area contributed by atoms with E-state index in [0.717, 1.165) is 22.7 Å². The molecule has 5 heteroatoms. The Kier molecular flexibility index (Phi) is 4.19. The Morgan fingerprint density at radius 3 is 2.31 bits per heavy atom. The van der Waals surface area contributed by atoms with Crippen LogP contribution in [0.1, 0.15) is 76.5 Å². The number of nitrogens with zero attached hydrogens (tertiary/aromatic N) is 1. The second kappa shape index (κ2) is 6.54. The van der Waals surface area contributed by atoms with Crippen LogP contribution in [0.15, 0.2) is 30.9 Å². The fourth-order valence-corrected chi connectivity index (χ4v) is 6.87. The number of hydrogen-bond donors (Lipinski definition) is 1. The van der Waals surface area contributed by atoms with Crippen LogP contribution >= 0.6 is 0 Å². The molecule has 6 rings (SSSR count). The number of imide groups is 1. The molecule has 4 aliphatic carbocycles. The molecule has 152 valence electrons. The lowest BCUT2D eigenvalue weighted by molar-refractivity contribution is -0.0688. The molecule has 4 fully saturated rings. The molecule has 1 aromatic rings. The van der Waals surface area contributed by atoms with Crippen LogP contribution in [0.2, 0.25) is 0 Å². The molecule has 0 aromatic heterocycles. The van der Waals surface area contributed by atoms with Crippen molar-refractivity contribution in [1.29, 1.82) is 0 Å². The van der Waals surface area contributed by atoms with Crippen molar-refractivity contribution < 1.29 is 14.4 Å². The smallest absolute Gasteiger partial charge is 0.261 e. The third-order valence-corrected chi connectivity index (χ3v) is 7.90. The van der Waals surface area contributed by atoms with Gasteiger partial charge in [-0.05, 0) is 86.8 Å². The van der Waals surface area contributed by atoms with Gasteiger partial charge >= 0.3 is 0 Å². The zero-order valence-corrected chi connectivity index (χ0v) is 16.9. The Hall–Kier alpha value is -2.43. The third-order valence-electron chi connectivity index (χ3n) is 7.90. The van der Waals surface area contributed by atoms with Gasteiger partial charge in [0.25, 0.3) is 17.7 Å². The summed E-state index contributed by atoms with van der Waals surface area (Å²) < 4.78 is 0. The van der Waals surface area contributed by atoms with Gasteiger partial charge in [0, 0.05) is 18.2 Å². The maximum Gasteiger partial charge on any atom is 0.261 e. The summed E-state index contributed by atoms with van der Waals surface area (Å²) in [6.45, 7) is 5.93. The maximum absolute atomic E-state index is 13.0. The molecule has 29 heavy (non-hydrogen) atoms. The van der Waals surface area contributed by atoms with E-state index in [1.165, 1.54) is 44.6 Å². The van der Waals surface area contributed by atoms with Gasteiger partial charge < -0.3 is 5.32 Å². The first-order chi connectivity index (χ1) is 13.9. The van der Waals surface area contributed by atoms with Crippen LogP contribution < -0.4 is 5.32 Å². The summed E-state index contributed by atoms with van der Waals surface area (Å²) in [5, 5.41) is 3.24.